The maximum absolute atomic E-state index is 15.3. The molecule has 1 spiro atoms. The van der Waals surface area contributed by atoms with E-state index >= 15 is 14.4 Å². The van der Waals surface area contributed by atoms with Gasteiger partial charge in [-0.25, -0.2) is 0 Å². The molecule has 2 saturated carbocycles. The standard InChI is InChI=1S/C69H96ClF6N11O11/c1-12-40(4)56-65(97)81(7)38-55(89)86-33-29-51(86)63(95)84(10)53(37-44-21-25-46(26-22-44)68(71,72)73)64(96)82(8)42(6)58(90)78-49(28-24-43-23-27-47(48(70)36-43)69(74,75)76)62(94)87-32-17-20-50(87)60(92)80-67(30-15-16-31-67)66(98)85(11)57(45-18-13-14-19-45)61(93)77-41(5)35-54(88)83(9)52(34-39(2)3)59(91)79-56/h21-23,25-27,36,39-42,45,49-53,56-57H,12-20,24,28-35,37-38H2,1-11H3,(H,77,93)(H,78,90)(H,79,91)(H,80,92)/t40-,41+,42+,49-,50-,51-,52-,53-,56-,57-/m0/s1. The molecule has 542 valence electrons. The van der Waals surface area contributed by atoms with Crippen molar-refractivity contribution in [2.24, 2.45) is 17.8 Å². The number of fused-ring (bicyclic) bond motifs is 2. The Morgan fingerprint density at radius 1 is 0.602 bits per heavy atom. The number of halogens is 7. The van der Waals surface area contributed by atoms with Crippen molar-refractivity contribution >= 4 is 76.6 Å². The van der Waals surface area contributed by atoms with Crippen LogP contribution in [0.1, 0.15) is 160 Å². The van der Waals surface area contributed by atoms with Gasteiger partial charge in [0.2, 0.25) is 65.0 Å². The summed E-state index contributed by atoms with van der Waals surface area (Å²) in [7, 11) is 6.81. The van der Waals surface area contributed by atoms with Crippen molar-refractivity contribution < 1.29 is 79.1 Å². The lowest BCUT2D eigenvalue weighted by Gasteiger charge is -2.44. The maximum Gasteiger partial charge on any atom is 0.417 e. The van der Waals surface area contributed by atoms with Gasteiger partial charge in [0.05, 0.1) is 22.7 Å². The highest BCUT2D eigenvalue weighted by Gasteiger charge is 2.51. The molecule has 5 fully saturated rings. The Morgan fingerprint density at radius 3 is 1.81 bits per heavy atom. The summed E-state index contributed by atoms with van der Waals surface area (Å²) in [5, 5.41) is 10.9. The number of hydrogen-bond donors (Lipinski definition) is 4. The van der Waals surface area contributed by atoms with Crippen LogP contribution in [0, 0.1) is 17.8 Å². The van der Waals surface area contributed by atoms with E-state index in [2.05, 4.69) is 21.3 Å². The number of amides is 11. The van der Waals surface area contributed by atoms with Crippen LogP contribution in [0.25, 0.3) is 0 Å². The van der Waals surface area contributed by atoms with Crippen LogP contribution in [0.5, 0.6) is 0 Å². The third kappa shape index (κ3) is 18.3. The largest absolute Gasteiger partial charge is 0.417 e. The van der Waals surface area contributed by atoms with Crippen LogP contribution in [-0.4, -0.2) is 214 Å². The fourth-order valence-electron chi connectivity index (χ4n) is 14.2. The molecule has 0 aromatic heterocycles. The molecule has 98 heavy (non-hydrogen) atoms. The highest BCUT2D eigenvalue weighted by atomic mass is 35.5. The molecule has 2 aromatic carbocycles. The Hall–Kier alpha value is -7.52. The fraction of sp³-hybridized carbons (Fsp3) is 0.667. The van der Waals surface area contributed by atoms with Crippen molar-refractivity contribution in [1.29, 1.82) is 0 Å². The monoisotopic (exact) mass is 1400 g/mol. The molecule has 3 aliphatic heterocycles. The van der Waals surface area contributed by atoms with Gasteiger partial charge < -0.3 is 55.6 Å². The molecule has 0 radical (unpaired) electrons. The minimum absolute atomic E-state index is 0.0142. The maximum atomic E-state index is 15.3. The number of carbonyl (C=O) groups is 11. The number of nitrogens with one attached hydrogen (secondary N) is 4. The van der Waals surface area contributed by atoms with Gasteiger partial charge in [-0.1, -0.05) is 89.6 Å². The average Bonchev–Trinajstić information content (AvgIpc) is 1.40. The topological polar surface area (TPSA) is 259 Å². The first kappa shape index (κ1) is 77.8. The van der Waals surface area contributed by atoms with Gasteiger partial charge in [-0.05, 0) is 131 Å². The third-order valence-corrected chi connectivity index (χ3v) is 20.9. The van der Waals surface area contributed by atoms with Crippen molar-refractivity contribution in [3.63, 3.8) is 0 Å². The van der Waals surface area contributed by atoms with E-state index in [4.69, 9.17) is 11.6 Å². The van der Waals surface area contributed by atoms with E-state index in [0.29, 0.717) is 32.1 Å². The smallest absolute Gasteiger partial charge is 0.351 e. The van der Waals surface area contributed by atoms with Crippen molar-refractivity contribution in [1.82, 2.24) is 55.6 Å². The van der Waals surface area contributed by atoms with Gasteiger partial charge in [-0.15, -0.1) is 0 Å². The van der Waals surface area contributed by atoms with Gasteiger partial charge in [-0.3, -0.25) is 52.7 Å². The lowest BCUT2D eigenvalue weighted by atomic mass is 9.90. The molecule has 2 aromatic rings. The van der Waals surface area contributed by atoms with Gasteiger partial charge >= 0.3 is 12.4 Å². The molecule has 0 unspecified atom stereocenters. The first-order valence-electron chi connectivity index (χ1n) is 34.1. The molecular formula is C69H96ClF6N11O11. The predicted octanol–water partition coefficient (Wildman–Crippen LogP) is 6.52. The Balaban J connectivity index is 1.27. The van der Waals surface area contributed by atoms with Crippen LogP contribution < -0.4 is 21.3 Å². The minimum atomic E-state index is -4.80. The summed E-state index contributed by atoms with van der Waals surface area (Å²) >= 11 is 6.13. The molecular weight excluding hydrogens is 1310 g/mol. The highest BCUT2D eigenvalue weighted by Crippen LogP contribution is 2.38. The van der Waals surface area contributed by atoms with Crippen molar-refractivity contribution in [2.45, 2.75) is 223 Å². The molecule has 2 aliphatic carbocycles. The zero-order valence-corrected chi connectivity index (χ0v) is 58.6. The molecule has 0 bridgehead atoms. The first-order chi connectivity index (χ1) is 45.9. The van der Waals surface area contributed by atoms with Gasteiger partial charge in [0, 0.05) is 67.2 Å². The predicted molar refractivity (Wildman–Crippen MR) is 351 cm³/mol. The fourth-order valence-corrected chi connectivity index (χ4v) is 14.5. The lowest BCUT2D eigenvalue weighted by Crippen LogP contribution is -2.65. The van der Waals surface area contributed by atoms with E-state index in [0.717, 1.165) is 70.0 Å². The Labute approximate surface area is 574 Å². The van der Waals surface area contributed by atoms with Crippen molar-refractivity contribution in [3.8, 4) is 0 Å². The quantitative estimate of drug-likeness (QED) is 0.186. The average molecular weight is 1410 g/mol. The number of benzene rings is 2. The zero-order valence-electron chi connectivity index (χ0n) is 57.9. The van der Waals surface area contributed by atoms with Crippen molar-refractivity contribution in [3.05, 3.63) is 69.7 Å². The molecule has 7 rings (SSSR count). The molecule has 4 N–H and O–H groups in total. The molecule has 3 saturated heterocycles. The van der Waals surface area contributed by atoms with E-state index in [1.54, 1.807) is 20.8 Å². The number of rotatable bonds is 10. The van der Waals surface area contributed by atoms with Crippen LogP contribution >= 0.6 is 11.6 Å². The number of hydrogen-bond acceptors (Lipinski definition) is 11. The highest BCUT2D eigenvalue weighted by molar-refractivity contribution is 6.31. The van der Waals surface area contributed by atoms with E-state index in [1.165, 1.54) is 61.8 Å². The van der Waals surface area contributed by atoms with Gasteiger partial charge in [0.25, 0.3) is 0 Å². The van der Waals surface area contributed by atoms with E-state index in [9.17, 15) is 64.7 Å². The zero-order chi connectivity index (χ0) is 72.6. The second kappa shape index (κ2) is 32.6. The summed E-state index contributed by atoms with van der Waals surface area (Å²) in [4.78, 5) is 171. The van der Waals surface area contributed by atoms with Gasteiger partial charge in [0.1, 0.15) is 53.9 Å². The molecule has 29 heteroatoms. The van der Waals surface area contributed by atoms with Gasteiger partial charge in [-0.2, -0.15) is 26.3 Å². The lowest BCUT2D eigenvalue weighted by molar-refractivity contribution is -0.158. The minimum Gasteiger partial charge on any atom is -0.351 e. The van der Waals surface area contributed by atoms with E-state index in [-0.39, 0.29) is 93.8 Å². The van der Waals surface area contributed by atoms with Crippen LogP contribution in [0.15, 0.2) is 42.5 Å². The summed E-state index contributed by atoms with van der Waals surface area (Å²) < 4.78 is 83.0. The Morgan fingerprint density at radius 2 is 1.23 bits per heavy atom. The molecule has 10 atom stereocenters. The van der Waals surface area contributed by atoms with E-state index < -0.39 is 172 Å². The molecule has 11 amide bonds. The van der Waals surface area contributed by atoms with Crippen LogP contribution in [0.3, 0.4) is 0 Å². The number of carbonyl (C=O) groups excluding carboxylic acids is 11. The second-order valence-corrected chi connectivity index (χ2v) is 28.4. The second-order valence-electron chi connectivity index (χ2n) is 28.0. The molecule has 3 heterocycles. The van der Waals surface area contributed by atoms with Gasteiger partial charge in [0.15, 0.2) is 0 Å². The van der Waals surface area contributed by atoms with Crippen LogP contribution in [0.2, 0.25) is 5.02 Å². The summed E-state index contributed by atoms with van der Waals surface area (Å²) in [6.45, 7) is 9.66. The normalized spacial score (nSPS) is 27.1. The number of alkyl halides is 6. The Kier molecular flexibility index (Phi) is 25.9. The van der Waals surface area contributed by atoms with Crippen LogP contribution in [-0.2, 0) is 77.9 Å². The summed E-state index contributed by atoms with van der Waals surface area (Å²) in [5.74, 6) is -8.64. The number of likely N-dealkylation sites (N-methyl/N-ethyl adjacent to an activating group) is 5. The summed E-state index contributed by atoms with van der Waals surface area (Å²) in [6, 6.07) is -4.33. The summed E-state index contributed by atoms with van der Waals surface area (Å²) in [6.07, 6.45) is -5.46. The van der Waals surface area contributed by atoms with Crippen LogP contribution in [0.4, 0.5) is 26.3 Å². The number of aryl methyl sites for hydroxylation is 1. The Bertz CT molecular complexity index is 3270. The SMILES string of the molecule is CC[C@H](C)[C@@H]1NC(=O)[C@H](CC(C)C)N(C)C(=O)C[C@@H](C)NC(=O)[C@H](C2CCCC2)N(C)C(=O)C2(CCCC2)NC(=O)[C@@H]2CCCN2C(=O)[C@H](CCc2ccc(C(F)(F)F)c(Cl)c2)NC(=O)[C@@H](C)N(C)C(=O)[C@H](Cc2ccc(C(F)(F)F)cc2)N(C)C(=O)[C@@H]2CCN2C(=O)CN(C)C1=O. The van der Waals surface area contributed by atoms with E-state index in [1.807, 2.05) is 13.8 Å². The summed E-state index contributed by atoms with van der Waals surface area (Å²) in [5.41, 5.74) is -3.25. The third-order valence-electron chi connectivity index (χ3n) is 20.6. The molecule has 5 aliphatic rings. The molecule has 22 nitrogen and oxygen atoms in total. The first-order valence-corrected chi connectivity index (χ1v) is 34.4. The number of nitrogens with zero attached hydrogens (tertiary/aromatic N) is 7. The van der Waals surface area contributed by atoms with Crippen molar-refractivity contribution in [2.75, 3.05) is 54.9 Å².